The molecule has 6 rings (SSSR count). The average Bonchev–Trinajstić information content (AvgIpc) is 3.79. The Hall–Kier alpha value is -4.34. The molecule has 6 heterocycles. The molecule has 2 fully saturated rings. The Kier molecular flexibility index (Phi) is 17.5. The first kappa shape index (κ1) is 40.4. The normalized spacial score (nSPS) is 14.9. The molecule has 1 N–H and O–H groups in total. The maximum absolute atomic E-state index is 11.7. The number of urea groups is 2. The number of aliphatic hydroxyl groups is 1. The molecule has 0 saturated carbocycles. The van der Waals surface area contributed by atoms with Crippen LogP contribution in [-0.2, 0) is 13.1 Å². The molecule has 0 radical (unpaired) electrons. The van der Waals surface area contributed by atoms with Crippen LogP contribution in [-0.4, -0.2) is 139 Å². The molecule has 4 aromatic rings. The van der Waals surface area contributed by atoms with Crippen molar-refractivity contribution in [1.82, 2.24) is 48.7 Å². The van der Waals surface area contributed by atoms with Crippen LogP contribution in [0.15, 0.2) is 59.5 Å². The second kappa shape index (κ2) is 22.6. The van der Waals surface area contributed by atoms with Gasteiger partial charge in [-0.05, 0) is 116 Å². The Morgan fingerprint density at radius 1 is 0.673 bits per heavy atom. The zero-order chi connectivity index (χ0) is 37.0. The molecule has 2 aliphatic rings. The van der Waals surface area contributed by atoms with E-state index >= 15 is 0 Å². The van der Waals surface area contributed by atoms with Crippen molar-refractivity contribution in [2.24, 2.45) is 10.2 Å². The van der Waals surface area contributed by atoms with Crippen molar-refractivity contribution in [1.29, 1.82) is 0 Å². The molecule has 284 valence electrons. The van der Waals surface area contributed by atoms with Crippen LogP contribution in [0.1, 0.15) is 64.7 Å². The number of hydrogen-bond acceptors (Lipinski definition) is 9. The van der Waals surface area contributed by atoms with Crippen LogP contribution in [0.5, 0.6) is 0 Å². The van der Waals surface area contributed by atoms with Gasteiger partial charge in [-0.25, -0.2) is 29.5 Å². The minimum Gasteiger partial charge on any atom is -0.395 e. The molecule has 0 bridgehead atoms. The first-order chi connectivity index (χ1) is 25.4. The third-order valence-corrected chi connectivity index (χ3v) is 9.23. The van der Waals surface area contributed by atoms with E-state index in [1.807, 2.05) is 37.9 Å². The lowest BCUT2D eigenvalue weighted by Crippen LogP contribution is -2.35. The van der Waals surface area contributed by atoms with Gasteiger partial charge in [-0.15, -0.1) is 0 Å². The van der Waals surface area contributed by atoms with Gasteiger partial charge >= 0.3 is 12.1 Å². The standard InChI is InChI=1S/C13H20N4.C12H20N4O2.C12H18N4O/c1-3-8-16(2)9-5-10-17-11-15-13-12(17)6-4-7-14-13;17-11(15-7-3-1-4-8-15)13-14-12(18)16-9-5-2-6-10-16;1-15(8-9-17)6-3-7-16-10-14-12-11(16)4-2-5-13-12/h4,6-7,11H,3,5,8-10H2,1-2H3;1-10H2;2,4-5,10,17H,3,6-9H2,1H3. The van der Waals surface area contributed by atoms with Gasteiger partial charge in [0.15, 0.2) is 11.3 Å². The lowest BCUT2D eigenvalue weighted by atomic mass is 10.1. The number of imidazole rings is 2. The highest BCUT2D eigenvalue weighted by atomic mass is 16.3. The maximum Gasteiger partial charge on any atom is 0.362 e. The minimum atomic E-state index is -0.375. The minimum absolute atomic E-state index is 0.217. The lowest BCUT2D eigenvalue weighted by Gasteiger charge is -2.25. The van der Waals surface area contributed by atoms with Crippen LogP contribution in [0, 0.1) is 0 Å². The number of carbonyl (C=O) groups is 2. The quantitative estimate of drug-likeness (QED) is 0.186. The van der Waals surface area contributed by atoms with Gasteiger partial charge in [-0.1, -0.05) is 17.2 Å². The van der Waals surface area contributed by atoms with Crippen molar-refractivity contribution in [3.63, 3.8) is 0 Å². The van der Waals surface area contributed by atoms with E-state index in [0.717, 1.165) is 133 Å². The Morgan fingerprint density at radius 2 is 1.12 bits per heavy atom. The highest BCUT2D eigenvalue weighted by molar-refractivity contribution is 5.79. The van der Waals surface area contributed by atoms with E-state index in [2.05, 4.69) is 69.1 Å². The largest absolute Gasteiger partial charge is 0.395 e. The zero-order valence-electron chi connectivity index (χ0n) is 31.4. The third kappa shape index (κ3) is 13.3. The number of aliphatic hydroxyl groups excluding tert-OH is 1. The van der Waals surface area contributed by atoms with Crippen LogP contribution in [0.2, 0.25) is 0 Å². The fourth-order valence-electron chi connectivity index (χ4n) is 6.33. The number of aryl methyl sites for hydroxylation is 2. The Bertz CT molecular complexity index is 1520. The number of rotatable bonds is 12. The Morgan fingerprint density at radius 3 is 1.54 bits per heavy atom. The highest BCUT2D eigenvalue weighted by Gasteiger charge is 2.19. The van der Waals surface area contributed by atoms with Crippen molar-refractivity contribution in [3.05, 3.63) is 49.3 Å². The summed E-state index contributed by atoms with van der Waals surface area (Å²) in [7, 11) is 4.20. The monoisotopic (exact) mass is 718 g/mol. The van der Waals surface area contributed by atoms with Gasteiger partial charge in [0.1, 0.15) is 0 Å². The van der Waals surface area contributed by atoms with Gasteiger partial charge in [0.25, 0.3) is 0 Å². The number of piperidine rings is 2. The van der Waals surface area contributed by atoms with E-state index in [-0.39, 0.29) is 18.7 Å². The smallest absolute Gasteiger partial charge is 0.362 e. The van der Waals surface area contributed by atoms with E-state index < -0.39 is 0 Å². The molecule has 52 heavy (non-hydrogen) atoms. The summed E-state index contributed by atoms with van der Waals surface area (Å²) in [5.74, 6) is 0. The molecule has 4 aromatic heterocycles. The molecule has 0 aliphatic carbocycles. The fraction of sp³-hybridized carbons (Fsp3) is 0.622. The fourth-order valence-corrected chi connectivity index (χ4v) is 6.33. The summed E-state index contributed by atoms with van der Waals surface area (Å²) in [6.45, 7) is 11.3. The van der Waals surface area contributed by atoms with Crippen LogP contribution < -0.4 is 0 Å². The summed E-state index contributed by atoms with van der Waals surface area (Å²) in [5, 5.41) is 15.9. The van der Waals surface area contributed by atoms with Crippen molar-refractivity contribution in [2.45, 2.75) is 77.8 Å². The molecule has 4 amide bonds. The summed E-state index contributed by atoms with van der Waals surface area (Å²) in [6, 6.07) is 7.25. The predicted octanol–water partition coefficient (Wildman–Crippen LogP) is 5.56. The summed E-state index contributed by atoms with van der Waals surface area (Å²) in [6.07, 6.45) is 17.1. The van der Waals surface area contributed by atoms with Crippen LogP contribution in [0.25, 0.3) is 22.3 Å². The number of carbonyl (C=O) groups excluding carboxylic acids is 2. The molecule has 2 saturated heterocycles. The number of likely N-dealkylation sites (tertiary alicyclic amines) is 2. The molecule has 0 spiro atoms. The Balaban J connectivity index is 0.000000175. The van der Waals surface area contributed by atoms with Gasteiger partial charge in [-0.2, -0.15) is 0 Å². The molecule has 2 aliphatic heterocycles. The van der Waals surface area contributed by atoms with Crippen molar-refractivity contribution in [2.75, 3.05) is 73.1 Å². The van der Waals surface area contributed by atoms with E-state index in [1.54, 1.807) is 22.2 Å². The first-order valence-electron chi connectivity index (χ1n) is 18.9. The Labute approximate surface area is 307 Å². The molecule has 15 heteroatoms. The number of fused-ring (bicyclic) bond motifs is 2. The number of hydrogen-bond donors (Lipinski definition) is 1. The number of likely N-dealkylation sites (N-methyl/N-ethyl adjacent to an activating group) is 1. The number of pyridine rings is 2. The number of aromatic nitrogens is 6. The lowest BCUT2D eigenvalue weighted by molar-refractivity contribution is 0.187. The summed E-state index contributed by atoms with van der Waals surface area (Å²) in [5.41, 5.74) is 3.86. The van der Waals surface area contributed by atoms with E-state index in [4.69, 9.17) is 5.11 Å². The molecule has 0 aromatic carbocycles. The predicted molar refractivity (Wildman–Crippen MR) is 203 cm³/mol. The first-order valence-corrected chi connectivity index (χ1v) is 18.9. The second-order valence-electron chi connectivity index (χ2n) is 13.5. The van der Waals surface area contributed by atoms with Gasteiger partial charge < -0.3 is 33.8 Å². The van der Waals surface area contributed by atoms with Crippen molar-refractivity contribution < 1.29 is 14.7 Å². The summed E-state index contributed by atoms with van der Waals surface area (Å²) >= 11 is 0. The van der Waals surface area contributed by atoms with E-state index in [0.29, 0.717) is 0 Å². The number of amides is 4. The summed E-state index contributed by atoms with van der Waals surface area (Å²) < 4.78 is 4.30. The zero-order valence-corrected chi connectivity index (χ0v) is 31.4. The molecule has 0 atom stereocenters. The SMILES string of the molecule is CCCN(C)CCCn1cnc2ncccc21.CN(CCO)CCCn1cnc2ncccc21.O=C(N=NC(=O)N1CCCCC1)N1CCCCC1. The third-order valence-electron chi connectivity index (χ3n) is 9.23. The van der Waals surface area contributed by atoms with Crippen LogP contribution in [0.4, 0.5) is 9.59 Å². The van der Waals surface area contributed by atoms with E-state index in [9.17, 15) is 9.59 Å². The molecular formula is C37H58N12O3. The van der Waals surface area contributed by atoms with Gasteiger partial charge in [0.2, 0.25) is 0 Å². The number of nitrogens with zero attached hydrogens (tertiary/aromatic N) is 12. The van der Waals surface area contributed by atoms with Gasteiger partial charge in [0.05, 0.1) is 30.3 Å². The van der Waals surface area contributed by atoms with E-state index in [1.165, 1.54) is 13.0 Å². The second-order valence-corrected chi connectivity index (χ2v) is 13.5. The van der Waals surface area contributed by atoms with Crippen LogP contribution >= 0.6 is 0 Å². The van der Waals surface area contributed by atoms with Gasteiger partial charge in [0, 0.05) is 58.2 Å². The molecule has 15 nitrogen and oxygen atoms in total. The molecule has 0 unspecified atom stereocenters. The topological polar surface area (TPSA) is 153 Å². The van der Waals surface area contributed by atoms with Gasteiger partial charge in [-0.3, -0.25) is 0 Å². The maximum atomic E-state index is 11.7. The molecular weight excluding hydrogens is 660 g/mol. The number of azo groups is 1. The van der Waals surface area contributed by atoms with Crippen molar-refractivity contribution in [3.8, 4) is 0 Å². The highest BCUT2D eigenvalue weighted by Crippen LogP contribution is 2.13. The average molecular weight is 719 g/mol. The van der Waals surface area contributed by atoms with Crippen LogP contribution in [0.3, 0.4) is 0 Å². The van der Waals surface area contributed by atoms with Crippen molar-refractivity contribution >= 4 is 34.4 Å². The summed E-state index contributed by atoms with van der Waals surface area (Å²) in [4.78, 5) is 48.2.